The molecule has 0 unspecified atom stereocenters. The van der Waals surface area contributed by atoms with Crippen LogP contribution in [0.15, 0.2) is 52.9 Å². The largest absolute Gasteiger partial charge is 0.493 e. The van der Waals surface area contributed by atoms with Crippen molar-refractivity contribution >= 4 is 28.5 Å². The molecule has 0 fully saturated rings. The number of hydrogen-bond donors (Lipinski definition) is 2. The lowest BCUT2D eigenvalue weighted by Gasteiger charge is -2.11. The van der Waals surface area contributed by atoms with E-state index in [-0.39, 0.29) is 0 Å². The quantitative estimate of drug-likeness (QED) is 0.485. The number of rotatable bonds is 7. The third kappa shape index (κ3) is 4.73. The Morgan fingerprint density at radius 2 is 2.00 bits per heavy atom. The Balaban J connectivity index is 1.68. The van der Waals surface area contributed by atoms with Crippen molar-refractivity contribution in [2.75, 3.05) is 18.3 Å². The van der Waals surface area contributed by atoms with E-state index < -0.39 is 0 Å². The normalized spacial score (nSPS) is 10.8. The van der Waals surface area contributed by atoms with E-state index in [0.29, 0.717) is 29.1 Å². The van der Waals surface area contributed by atoms with Crippen molar-refractivity contribution in [2.45, 2.75) is 13.5 Å². The molecule has 0 amide bonds. The van der Waals surface area contributed by atoms with Crippen LogP contribution < -0.4 is 20.6 Å². The predicted molar refractivity (Wildman–Crippen MR) is 106 cm³/mol. The average molecular weight is 368 g/mol. The van der Waals surface area contributed by atoms with Crippen molar-refractivity contribution in [1.29, 1.82) is 0 Å². The molecule has 3 rings (SSSR count). The number of hydrogen-bond acceptors (Lipinski definition) is 7. The number of methoxy groups -OCH3 is 1. The molecule has 0 aliphatic carbocycles. The number of hydrazone groups is 1. The third-order valence-corrected chi connectivity index (χ3v) is 4.36. The lowest BCUT2D eigenvalue weighted by molar-refractivity contribution is 0.284. The lowest BCUT2D eigenvalue weighted by Crippen LogP contribution is -1.99. The van der Waals surface area contributed by atoms with Gasteiger partial charge in [-0.3, -0.25) is 5.43 Å². The molecule has 6 nitrogen and oxygen atoms in total. The summed E-state index contributed by atoms with van der Waals surface area (Å²) in [5, 5.41) is 6.56. The molecule has 0 aliphatic heterocycles. The van der Waals surface area contributed by atoms with E-state index in [1.165, 1.54) is 16.9 Å². The van der Waals surface area contributed by atoms with Gasteiger partial charge in [0, 0.05) is 5.38 Å². The molecule has 1 heterocycles. The van der Waals surface area contributed by atoms with Gasteiger partial charge in [-0.25, -0.2) is 4.98 Å². The Kier molecular flexibility index (Phi) is 5.70. The van der Waals surface area contributed by atoms with Gasteiger partial charge in [0.1, 0.15) is 12.4 Å². The number of nitrogens with two attached hydrogens (primary N) is 1. The summed E-state index contributed by atoms with van der Waals surface area (Å²) in [4.78, 5) is 4.08. The zero-order chi connectivity index (χ0) is 18.4. The molecule has 7 heteroatoms. The predicted octanol–water partition coefficient (Wildman–Crippen LogP) is 4.07. The molecule has 3 aromatic rings. The van der Waals surface area contributed by atoms with Gasteiger partial charge in [-0.15, -0.1) is 11.3 Å². The number of anilines is 2. The summed E-state index contributed by atoms with van der Waals surface area (Å²) in [6.45, 7) is 2.53. The van der Waals surface area contributed by atoms with Crippen LogP contribution in [0.2, 0.25) is 0 Å². The highest BCUT2D eigenvalue weighted by Gasteiger charge is 2.06. The molecule has 0 spiro atoms. The zero-order valence-electron chi connectivity index (χ0n) is 14.6. The molecule has 0 saturated heterocycles. The fourth-order valence-electron chi connectivity index (χ4n) is 2.23. The second kappa shape index (κ2) is 8.35. The first-order valence-electron chi connectivity index (χ1n) is 8.00. The molecule has 3 N–H and O–H groups in total. The molecule has 2 aromatic carbocycles. The van der Waals surface area contributed by atoms with E-state index in [4.69, 9.17) is 15.2 Å². The fraction of sp³-hybridized carbons (Fsp3) is 0.158. The summed E-state index contributed by atoms with van der Waals surface area (Å²) in [5.41, 5.74) is 11.6. The first-order chi connectivity index (χ1) is 12.6. The molecule has 0 bridgehead atoms. The highest BCUT2D eigenvalue weighted by molar-refractivity contribution is 7.14. The van der Waals surface area contributed by atoms with Crippen LogP contribution in [0.3, 0.4) is 0 Å². The van der Waals surface area contributed by atoms with Gasteiger partial charge in [0.05, 0.1) is 13.3 Å². The van der Waals surface area contributed by atoms with Crippen LogP contribution in [0.5, 0.6) is 11.5 Å². The van der Waals surface area contributed by atoms with Crippen LogP contribution in [-0.2, 0) is 6.61 Å². The number of nitrogens with zero attached hydrogens (tertiary/aromatic N) is 2. The Bertz CT molecular complexity index is 891. The van der Waals surface area contributed by atoms with E-state index in [9.17, 15) is 0 Å². The van der Waals surface area contributed by atoms with Crippen LogP contribution in [0.1, 0.15) is 16.7 Å². The minimum atomic E-state index is 0.466. The van der Waals surface area contributed by atoms with Crippen LogP contribution in [-0.4, -0.2) is 18.3 Å². The van der Waals surface area contributed by atoms with Gasteiger partial charge in [-0.1, -0.05) is 29.8 Å². The number of nitrogen functional groups attached to an aromatic ring is 1. The summed E-state index contributed by atoms with van der Waals surface area (Å²) in [6, 6.07) is 13.9. The maximum Gasteiger partial charge on any atom is 0.205 e. The van der Waals surface area contributed by atoms with Crippen molar-refractivity contribution in [2.24, 2.45) is 5.10 Å². The van der Waals surface area contributed by atoms with Crippen LogP contribution in [0.4, 0.5) is 10.9 Å². The number of ether oxygens (including phenoxy) is 2. The number of thiazole rings is 1. The number of benzene rings is 2. The molecule has 0 aliphatic rings. The first kappa shape index (κ1) is 17.8. The Morgan fingerprint density at radius 3 is 2.69 bits per heavy atom. The highest BCUT2D eigenvalue weighted by Crippen LogP contribution is 2.28. The minimum absolute atomic E-state index is 0.466. The fourth-order valence-corrected chi connectivity index (χ4v) is 2.78. The smallest absolute Gasteiger partial charge is 0.205 e. The summed E-state index contributed by atoms with van der Waals surface area (Å²) < 4.78 is 11.3. The Hall–Kier alpha value is -3.06. The molecule has 0 saturated carbocycles. The molecule has 1 aromatic heterocycles. The zero-order valence-corrected chi connectivity index (χ0v) is 15.4. The van der Waals surface area contributed by atoms with Gasteiger partial charge in [-0.2, -0.15) is 5.10 Å². The summed E-state index contributed by atoms with van der Waals surface area (Å²) in [6.07, 6.45) is 1.69. The van der Waals surface area contributed by atoms with E-state index in [1.54, 1.807) is 18.7 Å². The molecular weight excluding hydrogens is 348 g/mol. The van der Waals surface area contributed by atoms with Crippen molar-refractivity contribution in [3.63, 3.8) is 0 Å². The second-order valence-electron chi connectivity index (χ2n) is 5.63. The number of nitrogens with one attached hydrogen (secondary N) is 1. The van der Waals surface area contributed by atoms with Gasteiger partial charge in [0.2, 0.25) is 5.13 Å². The van der Waals surface area contributed by atoms with E-state index in [0.717, 1.165) is 11.1 Å². The van der Waals surface area contributed by atoms with E-state index in [2.05, 4.69) is 46.7 Å². The van der Waals surface area contributed by atoms with Crippen molar-refractivity contribution in [3.05, 3.63) is 64.5 Å². The standard InChI is InChI=1S/C19H20N4O2S/c1-13-3-5-14(6-4-13)11-25-17-9-15(7-8-16(17)24-2)10-21-23-19-22-18(20)12-26-19/h3-10,12H,11,20H2,1-2H3,(H,22,23). The van der Waals surface area contributed by atoms with E-state index in [1.807, 2.05) is 18.2 Å². The number of aromatic nitrogens is 1. The monoisotopic (exact) mass is 368 g/mol. The minimum Gasteiger partial charge on any atom is -0.493 e. The highest BCUT2D eigenvalue weighted by atomic mass is 32.1. The third-order valence-electron chi connectivity index (χ3n) is 3.60. The maximum atomic E-state index is 5.93. The topological polar surface area (TPSA) is 81.8 Å². The van der Waals surface area contributed by atoms with Gasteiger partial charge in [-0.05, 0) is 36.2 Å². The molecule has 134 valence electrons. The van der Waals surface area contributed by atoms with Gasteiger partial charge < -0.3 is 15.2 Å². The molecule has 0 radical (unpaired) electrons. The van der Waals surface area contributed by atoms with E-state index >= 15 is 0 Å². The number of aryl methyl sites for hydroxylation is 1. The lowest BCUT2D eigenvalue weighted by atomic mass is 10.1. The summed E-state index contributed by atoms with van der Waals surface area (Å²) >= 11 is 1.39. The SMILES string of the molecule is COc1ccc(C=NNc2nc(N)cs2)cc1OCc1ccc(C)cc1. The second-order valence-corrected chi connectivity index (χ2v) is 6.49. The van der Waals surface area contributed by atoms with Crippen LogP contribution in [0, 0.1) is 6.92 Å². The average Bonchev–Trinajstić information content (AvgIpc) is 3.06. The molecule has 0 atom stereocenters. The van der Waals surface area contributed by atoms with Crippen LogP contribution >= 0.6 is 11.3 Å². The molecular formula is C19H20N4O2S. The molecule has 26 heavy (non-hydrogen) atoms. The van der Waals surface area contributed by atoms with Crippen molar-refractivity contribution in [1.82, 2.24) is 4.98 Å². The van der Waals surface area contributed by atoms with Crippen LogP contribution in [0.25, 0.3) is 0 Å². The van der Waals surface area contributed by atoms with Crippen molar-refractivity contribution < 1.29 is 9.47 Å². The maximum absolute atomic E-state index is 5.93. The first-order valence-corrected chi connectivity index (χ1v) is 8.88. The van der Waals surface area contributed by atoms with Gasteiger partial charge in [0.15, 0.2) is 11.5 Å². The summed E-state index contributed by atoms with van der Waals surface area (Å²) in [7, 11) is 1.62. The van der Waals surface area contributed by atoms with Gasteiger partial charge >= 0.3 is 0 Å². The van der Waals surface area contributed by atoms with Crippen molar-refractivity contribution in [3.8, 4) is 11.5 Å². The Labute approximate surface area is 156 Å². The summed E-state index contributed by atoms with van der Waals surface area (Å²) in [5.74, 6) is 1.81. The Morgan fingerprint density at radius 1 is 1.19 bits per heavy atom. The van der Waals surface area contributed by atoms with Gasteiger partial charge in [0.25, 0.3) is 0 Å².